The van der Waals surface area contributed by atoms with Crippen molar-refractivity contribution < 1.29 is 14.3 Å². The number of anilines is 1. The molecule has 1 amide bonds. The first kappa shape index (κ1) is 17.9. The smallest absolute Gasteiger partial charge is 0.264 e. The van der Waals surface area contributed by atoms with Gasteiger partial charge in [-0.05, 0) is 43.4 Å². The highest BCUT2D eigenvalue weighted by Crippen LogP contribution is 2.34. The number of fused-ring (bicyclic) bond motifs is 1. The molecule has 4 rings (SSSR count). The predicted octanol–water partition coefficient (Wildman–Crippen LogP) is 3.05. The molecule has 0 spiro atoms. The number of piperidine rings is 1. The zero-order valence-corrected chi connectivity index (χ0v) is 16.0. The average Bonchev–Trinajstić information content (AvgIpc) is 3.34. The number of nitrogens with one attached hydrogen (secondary N) is 1. The van der Waals surface area contributed by atoms with Gasteiger partial charge in [-0.15, -0.1) is 11.3 Å². The maximum atomic E-state index is 13.1. The van der Waals surface area contributed by atoms with Crippen LogP contribution < -0.4 is 5.32 Å². The van der Waals surface area contributed by atoms with Gasteiger partial charge < -0.3 is 19.7 Å². The SMILES string of the molecule is Cc1c(C(=O)N2CCCC(CO)C2)sc2ncnc(NCc3ccco3)c12. The fourth-order valence-corrected chi connectivity index (χ4v) is 4.65. The second-order valence-electron chi connectivity index (χ2n) is 6.83. The molecule has 1 aliphatic rings. The highest BCUT2D eigenvalue weighted by Gasteiger charge is 2.27. The van der Waals surface area contributed by atoms with E-state index >= 15 is 0 Å². The van der Waals surface area contributed by atoms with Crippen molar-refractivity contribution in [2.45, 2.75) is 26.3 Å². The lowest BCUT2D eigenvalue weighted by atomic mass is 9.99. The third kappa shape index (κ3) is 3.54. The van der Waals surface area contributed by atoms with Crippen LogP contribution in [0.2, 0.25) is 0 Å². The van der Waals surface area contributed by atoms with E-state index in [1.54, 1.807) is 6.26 Å². The van der Waals surface area contributed by atoms with Gasteiger partial charge in [-0.25, -0.2) is 9.97 Å². The Hall–Kier alpha value is -2.45. The molecule has 1 atom stereocenters. The number of aliphatic hydroxyl groups is 1. The number of furan rings is 1. The number of rotatable bonds is 5. The minimum absolute atomic E-state index is 0.0191. The molecular weight excluding hydrogens is 364 g/mol. The van der Waals surface area contributed by atoms with Crippen molar-refractivity contribution in [3.63, 3.8) is 0 Å². The van der Waals surface area contributed by atoms with E-state index in [0.717, 1.165) is 40.9 Å². The topological polar surface area (TPSA) is 91.5 Å². The summed E-state index contributed by atoms with van der Waals surface area (Å²) in [7, 11) is 0. The van der Waals surface area contributed by atoms with Crippen molar-refractivity contribution in [2.24, 2.45) is 5.92 Å². The fourth-order valence-electron chi connectivity index (χ4n) is 3.54. The number of carbonyl (C=O) groups is 1. The van der Waals surface area contributed by atoms with Gasteiger partial charge >= 0.3 is 0 Å². The molecule has 3 aromatic heterocycles. The Morgan fingerprint density at radius 1 is 1.48 bits per heavy atom. The van der Waals surface area contributed by atoms with Crippen LogP contribution >= 0.6 is 11.3 Å². The Bertz CT molecular complexity index is 938. The molecule has 1 unspecified atom stereocenters. The number of likely N-dealkylation sites (tertiary alicyclic amines) is 1. The van der Waals surface area contributed by atoms with E-state index in [4.69, 9.17) is 4.42 Å². The monoisotopic (exact) mass is 386 g/mol. The van der Waals surface area contributed by atoms with E-state index in [0.29, 0.717) is 23.8 Å². The Morgan fingerprint density at radius 2 is 2.37 bits per heavy atom. The summed E-state index contributed by atoms with van der Waals surface area (Å²) in [4.78, 5) is 25.1. The van der Waals surface area contributed by atoms with E-state index in [1.165, 1.54) is 17.7 Å². The van der Waals surface area contributed by atoms with Crippen LogP contribution in [0.5, 0.6) is 0 Å². The number of carbonyl (C=O) groups excluding carboxylic acids is 1. The van der Waals surface area contributed by atoms with Crippen molar-refractivity contribution in [2.75, 3.05) is 25.0 Å². The fraction of sp³-hybridized carbons (Fsp3) is 0.421. The van der Waals surface area contributed by atoms with Crippen LogP contribution in [0.3, 0.4) is 0 Å². The highest BCUT2D eigenvalue weighted by atomic mass is 32.1. The van der Waals surface area contributed by atoms with Gasteiger partial charge in [-0.2, -0.15) is 0 Å². The zero-order valence-electron chi connectivity index (χ0n) is 15.1. The largest absolute Gasteiger partial charge is 0.467 e. The first-order chi connectivity index (χ1) is 13.2. The number of aryl methyl sites for hydroxylation is 1. The predicted molar refractivity (Wildman–Crippen MR) is 104 cm³/mol. The van der Waals surface area contributed by atoms with Crippen LogP contribution in [0, 0.1) is 12.8 Å². The molecule has 1 aliphatic heterocycles. The summed E-state index contributed by atoms with van der Waals surface area (Å²) in [6.07, 6.45) is 5.05. The summed E-state index contributed by atoms with van der Waals surface area (Å²) in [5, 5.41) is 13.6. The normalized spacial score (nSPS) is 17.4. The maximum absolute atomic E-state index is 13.1. The van der Waals surface area contributed by atoms with Gasteiger partial charge in [0.15, 0.2) is 0 Å². The molecule has 4 heterocycles. The van der Waals surface area contributed by atoms with Gasteiger partial charge in [-0.1, -0.05) is 0 Å². The Balaban J connectivity index is 1.61. The number of hydrogen-bond acceptors (Lipinski definition) is 7. The van der Waals surface area contributed by atoms with Crippen LogP contribution in [0.4, 0.5) is 5.82 Å². The molecule has 1 fully saturated rings. The van der Waals surface area contributed by atoms with Crippen molar-refractivity contribution in [1.29, 1.82) is 0 Å². The van der Waals surface area contributed by atoms with E-state index in [1.807, 2.05) is 24.0 Å². The summed E-state index contributed by atoms with van der Waals surface area (Å²) in [5.74, 6) is 1.71. The number of aromatic nitrogens is 2. The lowest BCUT2D eigenvalue weighted by Crippen LogP contribution is -2.40. The Labute approximate surface area is 161 Å². The quantitative estimate of drug-likeness (QED) is 0.700. The minimum Gasteiger partial charge on any atom is -0.467 e. The molecule has 0 saturated carbocycles. The van der Waals surface area contributed by atoms with Crippen molar-refractivity contribution in [3.05, 3.63) is 40.9 Å². The van der Waals surface area contributed by atoms with Crippen LogP contribution in [-0.4, -0.2) is 45.6 Å². The van der Waals surface area contributed by atoms with Gasteiger partial charge in [0.1, 0.15) is 22.7 Å². The van der Waals surface area contributed by atoms with Crippen molar-refractivity contribution in [3.8, 4) is 0 Å². The molecule has 0 radical (unpaired) electrons. The van der Waals surface area contributed by atoms with Gasteiger partial charge in [0.05, 0.1) is 23.1 Å². The molecule has 0 aliphatic carbocycles. The number of nitrogens with zero attached hydrogens (tertiary/aromatic N) is 3. The minimum atomic E-state index is 0.0191. The third-order valence-electron chi connectivity index (χ3n) is 5.00. The van der Waals surface area contributed by atoms with Crippen molar-refractivity contribution in [1.82, 2.24) is 14.9 Å². The number of thiophene rings is 1. The standard InChI is InChI=1S/C19H22N4O3S/c1-12-15-17(20-8-14-5-3-7-26-14)21-11-22-18(15)27-16(12)19(25)23-6-2-4-13(9-23)10-24/h3,5,7,11,13,24H,2,4,6,8-10H2,1H3,(H,20,21,22). The third-order valence-corrected chi connectivity index (χ3v) is 6.18. The molecular formula is C19H22N4O3S. The molecule has 7 nitrogen and oxygen atoms in total. The summed E-state index contributed by atoms with van der Waals surface area (Å²) < 4.78 is 5.36. The lowest BCUT2D eigenvalue weighted by molar-refractivity contribution is 0.0625. The van der Waals surface area contributed by atoms with Crippen LogP contribution in [0.25, 0.3) is 10.2 Å². The average molecular weight is 386 g/mol. The molecule has 27 heavy (non-hydrogen) atoms. The number of hydrogen-bond donors (Lipinski definition) is 2. The molecule has 0 bridgehead atoms. The molecule has 2 N–H and O–H groups in total. The summed E-state index contributed by atoms with van der Waals surface area (Å²) in [6.45, 7) is 3.93. The lowest BCUT2D eigenvalue weighted by Gasteiger charge is -2.31. The van der Waals surface area contributed by atoms with Crippen LogP contribution in [0.15, 0.2) is 29.1 Å². The van der Waals surface area contributed by atoms with Gasteiger partial charge in [-0.3, -0.25) is 4.79 Å². The molecule has 142 valence electrons. The first-order valence-electron chi connectivity index (χ1n) is 9.08. The zero-order chi connectivity index (χ0) is 18.8. The molecule has 3 aromatic rings. The molecule has 1 saturated heterocycles. The number of aliphatic hydroxyl groups excluding tert-OH is 1. The van der Waals surface area contributed by atoms with E-state index in [-0.39, 0.29) is 18.4 Å². The van der Waals surface area contributed by atoms with E-state index in [9.17, 15) is 9.90 Å². The highest BCUT2D eigenvalue weighted by molar-refractivity contribution is 7.20. The summed E-state index contributed by atoms with van der Waals surface area (Å²) in [6, 6.07) is 3.74. The van der Waals surface area contributed by atoms with Gasteiger partial charge in [0, 0.05) is 19.7 Å². The van der Waals surface area contributed by atoms with E-state index in [2.05, 4.69) is 15.3 Å². The van der Waals surface area contributed by atoms with Crippen LogP contribution in [-0.2, 0) is 6.54 Å². The Kier molecular flexibility index (Phi) is 5.09. The van der Waals surface area contributed by atoms with Gasteiger partial charge in [0.25, 0.3) is 5.91 Å². The second kappa shape index (κ2) is 7.66. The molecule has 8 heteroatoms. The second-order valence-corrected chi connectivity index (χ2v) is 7.83. The van der Waals surface area contributed by atoms with E-state index < -0.39 is 0 Å². The Morgan fingerprint density at radius 3 is 3.15 bits per heavy atom. The molecule has 0 aromatic carbocycles. The summed E-state index contributed by atoms with van der Waals surface area (Å²) in [5.41, 5.74) is 0.897. The van der Waals surface area contributed by atoms with Gasteiger partial charge in [0.2, 0.25) is 0 Å². The van der Waals surface area contributed by atoms with Crippen molar-refractivity contribution >= 4 is 33.3 Å². The van der Waals surface area contributed by atoms with Crippen LogP contribution in [0.1, 0.15) is 33.8 Å². The maximum Gasteiger partial charge on any atom is 0.264 e. The first-order valence-corrected chi connectivity index (χ1v) is 9.89. The summed E-state index contributed by atoms with van der Waals surface area (Å²) >= 11 is 1.40. The number of amides is 1.